The zero-order chi connectivity index (χ0) is 19.6. The largest absolute Gasteiger partial charge is 0.481 e. The summed E-state index contributed by atoms with van der Waals surface area (Å²) in [5, 5.41) is 9.65. The average Bonchev–Trinajstić information content (AvgIpc) is 3.02. The molecule has 1 heterocycles. The molecule has 1 amide bonds. The summed E-state index contributed by atoms with van der Waals surface area (Å²) >= 11 is 1.58. The van der Waals surface area contributed by atoms with Gasteiger partial charge in [0.25, 0.3) is 5.91 Å². The molecule has 3 rings (SSSR count). The molecule has 0 fully saturated rings. The van der Waals surface area contributed by atoms with Gasteiger partial charge in [0.15, 0.2) is 6.61 Å². The van der Waals surface area contributed by atoms with Crippen LogP contribution in [0.2, 0.25) is 0 Å². The first-order valence-electron chi connectivity index (χ1n) is 8.41. The van der Waals surface area contributed by atoms with Gasteiger partial charge in [-0.1, -0.05) is 12.1 Å². The zero-order valence-electron chi connectivity index (χ0n) is 15.4. The number of aliphatic carboxylic acids is 1. The maximum Gasteiger partial charge on any atom is 0.341 e. The number of nitrogens with zero attached hydrogens (tertiary/aromatic N) is 2. The van der Waals surface area contributed by atoms with Gasteiger partial charge in [-0.2, -0.15) is 0 Å². The first-order valence-corrected chi connectivity index (χ1v) is 9.22. The molecule has 0 saturated carbocycles. The van der Waals surface area contributed by atoms with Crippen LogP contribution in [0.1, 0.15) is 26.5 Å². The van der Waals surface area contributed by atoms with Gasteiger partial charge < -0.3 is 14.7 Å². The highest BCUT2D eigenvalue weighted by Gasteiger charge is 2.17. The third kappa shape index (κ3) is 4.25. The van der Waals surface area contributed by atoms with Gasteiger partial charge >= 0.3 is 5.97 Å². The van der Waals surface area contributed by atoms with E-state index >= 15 is 0 Å². The minimum absolute atomic E-state index is 0.120. The molecule has 6 nitrogen and oxygen atoms in total. The number of carbonyl (C=O) groups is 2. The maximum absolute atomic E-state index is 12.8. The Morgan fingerprint density at radius 2 is 1.85 bits per heavy atom. The van der Waals surface area contributed by atoms with Crippen LogP contribution in [0.3, 0.4) is 0 Å². The number of aryl methyl sites for hydroxylation is 2. The summed E-state index contributed by atoms with van der Waals surface area (Å²) in [4.78, 5) is 29.7. The molecule has 1 aromatic heterocycles. The number of carboxylic acid groups (broad SMARTS) is 1. The zero-order valence-corrected chi connectivity index (χ0v) is 16.2. The fourth-order valence-corrected chi connectivity index (χ4v) is 3.94. The van der Waals surface area contributed by atoms with Crippen LogP contribution < -0.4 is 4.74 Å². The molecule has 0 aliphatic rings. The summed E-state index contributed by atoms with van der Waals surface area (Å²) in [7, 11) is 1.74. The number of rotatable bonds is 6. The monoisotopic (exact) mass is 384 g/mol. The molecule has 0 bridgehead atoms. The second-order valence-electron chi connectivity index (χ2n) is 6.36. The van der Waals surface area contributed by atoms with E-state index in [1.165, 1.54) is 0 Å². The fraction of sp³-hybridized carbons (Fsp3) is 0.250. The minimum Gasteiger partial charge on any atom is -0.481 e. The van der Waals surface area contributed by atoms with Crippen LogP contribution in [0, 0.1) is 13.8 Å². The normalized spacial score (nSPS) is 10.8. The van der Waals surface area contributed by atoms with E-state index in [4.69, 9.17) is 9.84 Å². The number of carboxylic acids is 1. The third-order valence-electron chi connectivity index (χ3n) is 4.10. The van der Waals surface area contributed by atoms with E-state index < -0.39 is 12.6 Å². The Bertz CT molecular complexity index is 956. The number of hydrogen-bond acceptors (Lipinski definition) is 5. The Morgan fingerprint density at radius 3 is 2.48 bits per heavy atom. The lowest BCUT2D eigenvalue weighted by atomic mass is 10.0. The fourth-order valence-electron chi connectivity index (χ4n) is 2.92. The van der Waals surface area contributed by atoms with Gasteiger partial charge in [-0.15, -0.1) is 11.3 Å². The van der Waals surface area contributed by atoms with Crippen LogP contribution in [-0.2, 0) is 11.3 Å². The van der Waals surface area contributed by atoms with Crippen LogP contribution in [0.5, 0.6) is 5.75 Å². The van der Waals surface area contributed by atoms with E-state index in [-0.39, 0.29) is 5.91 Å². The van der Waals surface area contributed by atoms with Crippen LogP contribution in [-0.4, -0.2) is 40.5 Å². The van der Waals surface area contributed by atoms with Crippen LogP contribution >= 0.6 is 11.3 Å². The Morgan fingerprint density at radius 1 is 1.19 bits per heavy atom. The first kappa shape index (κ1) is 18.8. The number of carbonyl (C=O) groups excluding carboxylic acids is 1. The molecule has 1 N–H and O–H groups in total. The number of para-hydroxylation sites is 1. The van der Waals surface area contributed by atoms with Crippen molar-refractivity contribution in [3.05, 3.63) is 58.1 Å². The molecule has 140 valence electrons. The molecule has 0 atom stereocenters. The van der Waals surface area contributed by atoms with Crippen molar-refractivity contribution in [2.75, 3.05) is 13.7 Å². The quantitative estimate of drug-likeness (QED) is 0.702. The van der Waals surface area contributed by atoms with E-state index in [0.717, 1.165) is 26.4 Å². The second-order valence-corrected chi connectivity index (χ2v) is 7.47. The molecular weight excluding hydrogens is 364 g/mol. The standard InChI is InChI=1S/C20H20N2O4S/c1-12-8-14(9-13(2)19(12)26-11-18(23)24)20(25)22(3)10-17-21-15-6-4-5-7-16(15)27-17/h4-9H,10-11H2,1-3H3,(H,23,24). The van der Waals surface area contributed by atoms with Gasteiger partial charge in [-0.3, -0.25) is 4.79 Å². The van der Waals surface area contributed by atoms with Crippen LogP contribution in [0.25, 0.3) is 10.2 Å². The second kappa shape index (κ2) is 7.75. The highest BCUT2D eigenvalue weighted by molar-refractivity contribution is 7.18. The molecular formula is C20H20N2O4S. The minimum atomic E-state index is -1.04. The third-order valence-corrected chi connectivity index (χ3v) is 5.13. The van der Waals surface area contributed by atoms with Crippen molar-refractivity contribution in [2.24, 2.45) is 0 Å². The van der Waals surface area contributed by atoms with Crippen molar-refractivity contribution in [3.8, 4) is 5.75 Å². The van der Waals surface area contributed by atoms with Gasteiger partial charge in [0.05, 0.1) is 16.8 Å². The van der Waals surface area contributed by atoms with E-state index in [1.807, 2.05) is 24.3 Å². The lowest BCUT2D eigenvalue weighted by molar-refractivity contribution is -0.139. The van der Waals surface area contributed by atoms with Crippen molar-refractivity contribution in [1.29, 1.82) is 0 Å². The SMILES string of the molecule is Cc1cc(C(=O)N(C)Cc2nc3ccccc3s2)cc(C)c1OCC(=O)O. The topological polar surface area (TPSA) is 79.7 Å². The van der Waals surface area contributed by atoms with Gasteiger partial charge in [-0.25, -0.2) is 9.78 Å². The number of benzene rings is 2. The van der Waals surface area contributed by atoms with E-state index in [0.29, 0.717) is 17.9 Å². The highest BCUT2D eigenvalue weighted by atomic mass is 32.1. The predicted molar refractivity (Wildman–Crippen MR) is 104 cm³/mol. The molecule has 3 aromatic rings. The van der Waals surface area contributed by atoms with E-state index in [2.05, 4.69) is 4.98 Å². The number of amides is 1. The van der Waals surface area contributed by atoms with Crippen LogP contribution in [0.4, 0.5) is 0 Å². The predicted octanol–water partition coefficient (Wildman–Crippen LogP) is 3.65. The number of fused-ring (bicyclic) bond motifs is 1. The summed E-state index contributed by atoms with van der Waals surface area (Å²) in [5.41, 5.74) is 2.93. The van der Waals surface area contributed by atoms with Crippen molar-refractivity contribution in [2.45, 2.75) is 20.4 Å². The van der Waals surface area contributed by atoms with Gasteiger partial charge in [0, 0.05) is 12.6 Å². The molecule has 0 aliphatic carbocycles. The average molecular weight is 384 g/mol. The molecule has 0 spiro atoms. The Hall–Kier alpha value is -2.93. The lowest BCUT2D eigenvalue weighted by Crippen LogP contribution is -2.26. The Kier molecular flexibility index (Phi) is 5.41. The molecule has 27 heavy (non-hydrogen) atoms. The van der Waals surface area contributed by atoms with Crippen molar-refractivity contribution in [3.63, 3.8) is 0 Å². The van der Waals surface area contributed by atoms with E-state index in [1.54, 1.807) is 49.3 Å². The number of hydrogen-bond donors (Lipinski definition) is 1. The van der Waals surface area contributed by atoms with Crippen molar-refractivity contribution < 1.29 is 19.4 Å². The van der Waals surface area contributed by atoms with Gasteiger partial charge in [0.2, 0.25) is 0 Å². The summed E-state index contributed by atoms with van der Waals surface area (Å²) < 4.78 is 6.42. The molecule has 2 aromatic carbocycles. The summed E-state index contributed by atoms with van der Waals surface area (Å²) in [6.07, 6.45) is 0. The van der Waals surface area contributed by atoms with Crippen LogP contribution in [0.15, 0.2) is 36.4 Å². The molecule has 0 radical (unpaired) electrons. The lowest BCUT2D eigenvalue weighted by Gasteiger charge is -2.18. The van der Waals surface area contributed by atoms with Gasteiger partial charge in [0.1, 0.15) is 10.8 Å². The number of ether oxygens (including phenoxy) is 1. The van der Waals surface area contributed by atoms with Crippen molar-refractivity contribution >= 4 is 33.4 Å². The Balaban J connectivity index is 1.77. The Labute approximate surface area is 161 Å². The molecule has 0 unspecified atom stereocenters. The summed E-state index contributed by atoms with van der Waals surface area (Å²) in [6.45, 7) is 3.61. The summed E-state index contributed by atoms with van der Waals surface area (Å²) in [6, 6.07) is 11.3. The molecule has 0 saturated heterocycles. The first-order chi connectivity index (χ1) is 12.8. The maximum atomic E-state index is 12.8. The number of aromatic nitrogens is 1. The number of thiazole rings is 1. The van der Waals surface area contributed by atoms with Crippen molar-refractivity contribution in [1.82, 2.24) is 9.88 Å². The van der Waals surface area contributed by atoms with E-state index in [9.17, 15) is 9.59 Å². The smallest absolute Gasteiger partial charge is 0.341 e. The molecule has 7 heteroatoms. The summed E-state index contributed by atoms with van der Waals surface area (Å²) in [5.74, 6) is -0.655. The molecule has 0 aliphatic heterocycles. The highest BCUT2D eigenvalue weighted by Crippen LogP contribution is 2.26. The van der Waals surface area contributed by atoms with Gasteiger partial charge in [-0.05, 0) is 49.2 Å².